The minimum atomic E-state index is -0.780. The van der Waals surface area contributed by atoms with E-state index < -0.39 is 5.41 Å². The van der Waals surface area contributed by atoms with Gasteiger partial charge in [0.15, 0.2) is 5.84 Å². The van der Waals surface area contributed by atoms with Crippen molar-refractivity contribution < 1.29 is 10.0 Å². The molecule has 1 amide bonds. The molecule has 2 rings (SSSR count). The second kappa shape index (κ2) is 4.93. The Hall–Kier alpha value is -1.63. The van der Waals surface area contributed by atoms with Gasteiger partial charge in [-0.15, -0.1) is 11.3 Å². The molecule has 1 atom stereocenters. The first-order valence-electron chi connectivity index (χ1n) is 5.76. The fraction of sp³-hybridized carbons (Fsp3) is 0.545. The second-order valence-corrected chi connectivity index (χ2v) is 5.47. The van der Waals surface area contributed by atoms with Gasteiger partial charge in [-0.2, -0.15) is 0 Å². The molecule has 0 aromatic carbocycles. The maximum atomic E-state index is 12.0. The van der Waals surface area contributed by atoms with Crippen LogP contribution in [0.15, 0.2) is 16.7 Å². The van der Waals surface area contributed by atoms with Gasteiger partial charge in [0.25, 0.3) is 0 Å². The maximum absolute atomic E-state index is 12.0. The van der Waals surface area contributed by atoms with Crippen molar-refractivity contribution in [1.82, 2.24) is 10.3 Å². The fourth-order valence-electron chi connectivity index (χ4n) is 1.80. The predicted octanol–water partition coefficient (Wildman–Crippen LogP) is 0.889. The lowest BCUT2D eigenvalue weighted by atomic mass is 10.0. The monoisotopic (exact) mass is 268 g/mol. The summed E-state index contributed by atoms with van der Waals surface area (Å²) in [4.78, 5) is 16.2. The van der Waals surface area contributed by atoms with Crippen LogP contribution < -0.4 is 11.1 Å². The van der Waals surface area contributed by atoms with Gasteiger partial charge < -0.3 is 16.3 Å². The summed E-state index contributed by atoms with van der Waals surface area (Å²) in [5.74, 6) is 0.000137. The SMILES string of the molecule is CC(CNC(=O)C1(/C(N)=N/O)CC1)c1nccs1. The van der Waals surface area contributed by atoms with Gasteiger partial charge in [0.05, 0.1) is 5.01 Å². The number of hydrogen-bond acceptors (Lipinski definition) is 5. The lowest BCUT2D eigenvalue weighted by Crippen LogP contribution is -2.41. The number of rotatable bonds is 5. The van der Waals surface area contributed by atoms with E-state index >= 15 is 0 Å². The van der Waals surface area contributed by atoms with Crippen molar-refractivity contribution in [3.63, 3.8) is 0 Å². The van der Waals surface area contributed by atoms with Crippen LogP contribution in [0.3, 0.4) is 0 Å². The van der Waals surface area contributed by atoms with Crippen molar-refractivity contribution in [3.8, 4) is 0 Å². The van der Waals surface area contributed by atoms with Crippen LogP contribution in [0.25, 0.3) is 0 Å². The van der Waals surface area contributed by atoms with E-state index in [4.69, 9.17) is 10.9 Å². The number of hydrogen-bond donors (Lipinski definition) is 3. The Morgan fingerprint density at radius 3 is 3.00 bits per heavy atom. The lowest BCUT2D eigenvalue weighted by Gasteiger charge is -2.15. The summed E-state index contributed by atoms with van der Waals surface area (Å²) in [5.41, 5.74) is 4.76. The van der Waals surface area contributed by atoms with Crippen LogP contribution in [0.1, 0.15) is 30.7 Å². The number of nitrogens with two attached hydrogens (primary N) is 1. The van der Waals surface area contributed by atoms with E-state index in [0.717, 1.165) is 5.01 Å². The molecule has 1 aliphatic carbocycles. The zero-order chi connectivity index (χ0) is 13.2. The highest BCUT2D eigenvalue weighted by molar-refractivity contribution is 7.09. The molecule has 1 unspecified atom stereocenters. The van der Waals surface area contributed by atoms with Gasteiger partial charge in [-0.3, -0.25) is 4.79 Å². The zero-order valence-corrected chi connectivity index (χ0v) is 10.9. The Balaban J connectivity index is 1.90. The summed E-state index contributed by atoms with van der Waals surface area (Å²) in [6, 6.07) is 0. The molecule has 0 saturated heterocycles. The van der Waals surface area contributed by atoms with Crippen LogP contribution in [-0.2, 0) is 4.79 Å². The third kappa shape index (κ3) is 2.31. The zero-order valence-electron chi connectivity index (χ0n) is 10.1. The van der Waals surface area contributed by atoms with E-state index in [0.29, 0.717) is 19.4 Å². The molecule has 0 bridgehead atoms. The Morgan fingerprint density at radius 1 is 1.78 bits per heavy atom. The molecular weight excluding hydrogens is 252 g/mol. The first kappa shape index (κ1) is 12.8. The van der Waals surface area contributed by atoms with Crippen LogP contribution in [0, 0.1) is 5.41 Å². The highest BCUT2D eigenvalue weighted by Crippen LogP contribution is 2.46. The summed E-state index contributed by atoms with van der Waals surface area (Å²) in [5, 5.41) is 17.3. The summed E-state index contributed by atoms with van der Waals surface area (Å²) in [6.45, 7) is 2.51. The highest BCUT2D eigenvalue weighted by Gasteiger charge is 2.54. The molecule has 1 aromatic heterocycles. The quantitative estimate of drug-likeness (QED) is 0.319. The fourth-order valence-corrected chi connectivity index (χ4v) is 2.50. The second-order valence-electron chi connectivity index (χ2n) is 4.55. The Morgan fingerprint density at radius 2 is 2.50 bits per heavy atom. The van der Waals surface area contributed by atoms with Crippen LogP contribution in [-0.4, -0.2) is 28.5 Å². The molecule has 0 aliphatic heterocycles. The number of nitrogens with one attached hydrogen (secondary N) is 1. The summed E-state index contributed by atoms with van der Waals surface area (Å²) < 4.78 is 0. The maximum Gasteiger partial charge on any atom is 0.233 e. The summed E-state index contributed by atoms with van der Waals surface area (Å²) >= 11 is 1.57. The number of nitrogens with zero attached hydrogens (tertiary/aromatic N) is 2. The largest absolute Gasteiger partial charge is 0.409 e. The molecule has 0 spiro atoms. The van der Waals surface area contributed by atoms with Gasteiger partial charge in [-0.25, -0.2) is 4.98 Å². The molecule has 6 nitrogen and oxygen atoms in total. The van der Waals surface area contributed by atoms with E-state index in [-0.39, 0.29) is 17.7 Å². The Kier molecular flexibility index (Phi) is 3.51. The Bertz CT molecular complexity index is 454. The molecule has 18 heavy (non-hydrogen) atoms. The van der Waals surface area contributed by atoms with Crippen molar-refractivity contribution >= 4 is 23.1 Å². The van der Waals surface area contributed by atoms with Gasteiger partial charge in [-0.1, -0.05) is 12.1 Å². The van der Waals surface area contributed by atoms with Crippen LogP contribution >= 0.6 is 11.3 Å². The normalized spacial score (nSPS) is 19.3. The summed E-state index contributed by atoms with van der Waals surface area (Å²) in [6.07, 6.45) is 3.03. The average molecular weight is 268 g/mol. The first-order valence-corrected chi connectivity index (χ1v) is 6.64. The predicted molar refractivity (Wildman–Crippen MR) is 68.6 cm³/mol. The molecule has 1 aliphatic rings. The van der Waals surface area contributed by atoms with E-state index in [9.17, 15) is 4.79 Å². The van der Waals surface area contributed by atoms with Gasteiger partial charge >= 0.3 is 0 Å². The van der Waals surface area contributed by atoms with E-state index in [1.54, 1.807) is 17.5 Å². The van der Waals surface area contributed by atoms with Crippen molar-refractivity contribution in [2.24, 2.45) is 16.3 Å². The molecule has 98 valence electrons. The number of oxime groups is 1. The lowest BCUT2D eigenvalue weighted by molar-refractivity contribution is -0.124. The highest BCUT2D eigenvalue weighted by atomic mass is 32.1. The van der Waals surface area contributed by atoms with E-state index in [1.807, 2.05) is 12.3 Å². The number of carbonyl (C=O) groups is 1. The van der Waals surface area contributed by atoms with Crippen LogP contribution in [0.5, 0.6) is 0 Å². The van der Waals surface area contributed by atoms with Crippen molar-refractivity contribution in [1.29, 1.82) is 0 Å². The smallest absolute Gasteiger partial charge is 0.233 e. The molecule has 7 heteroatoms. The molecule has 1 fully saturated rings. The van der Waals surface area contributed by atoms with E-state index in [2.05, 4.69) is 15.5 Å². The third-order valence-corrected chi connectivity index (χ3v) is 4.23. The van der Waals surface area contributed by atoms with E-state index in [1.165, 1.54) is 0 Å². The van der Waals surface area contributed by atoms with Crippen LogP contribution in [0.4, 0.5) is 0 Å². The summed E-state index contributed by atoms with van der Waals surface area (Å²) in [7, 11) is 0. The topological polar surface area (TPSA) is 101 Å². The van der Waals surface area contributed by atoms with Gasteiger partial charge in [0.2, 0.25) is 5.91 Å². The number of amides is 1. The number of thiazole rings is 1. The van der Waals surface area contributed by atoms with Gasteiger partial charge in [0, 0.05) is 24.0 Å². The number of amidine groups is 1. The molecule has 1 aromatic rings. The Labute approximate surface area is 109 Å². The minimum absolute atomic E-state index is 0.00176. The number of carbonyl (C=O) groups excluding carboxylic acids is 1. The molecule has 1 saturated carbocycles. The molecule has 0 radical (unpaired) electrons. The van der Waals surface area contributed by atoms with Gasteiger partial charge in [-0.05, 0) is 12.8 Å². The molecule has 1 heterocycles. The standard InChI is InChI=1S/C11H16N4O2S/c1-7(8-13-4-5-18-8)6-14-10(16)11(2-3-11)9(12)15-17/h4-5,7,17H,2-3,6H2,1H3,(H2,12,15)(H,14,16). The number of aromatic nitrogens is 1. The third-order valence-electron chi connectivity index (χ3n) is 3.22. The first-order chi connectivity index (χ1) is 8.60. The van der Waals surface area contributed by atoms with Crippen molar-refractivity contribution in [2.75, 3.05) is 6.54 Å². The van der Waals surface area contributed by atoms with Crippen molar-refractivity contribution in [3.05, 3.63) is 16.6 Å². The minimum Gasteiger partial charge on any atom is -0.409 e. The molecular formula is C11H16N4O2S. The van der Waals surface area contributed by atoms with Gasteiger partial charge in [0.1, 0.15) is 5.41 Å². The average Bonchev–Trinajstić information content (AvgIpc) is 3.02. The van der Waals surface area contributed by atoms with Crippen molar-refractivity contribution in [2.45, 2.75) is 25.7 Å². The van der Waals surface area contributed by atoms with Crippen LogP contribution in [0.2, 0.25) is 0 Å². The molecule has 4 N–H and O–H groups in total.